The monoisotopic (exact) mass is 496 g/mol. The highest BCUT2D eigenvalue weighted by Gasteiger charge is 2.32. The number of aliphatic imine (C=N–C) groups is 1. The molecule has 3 rings (SSSR count). The summed E-state index contributed by atoms with van der Waals surface area (Å²) in [5.41, 5.74) is 0.734. The van der Waals surface area contributed by atoms with Crippen LogP contribution in [0.4, 0.5) is 19.1 Å². The van der Waals surface area contributed by atoms with Crippen LogP contribution in [0.15, 0.2) is 58.6 Å². The number of hydrogen-bond acceptors (Lipinski definition) is 9. The lowest BCUT2D eigenvalue weighted by atomic mass is 10.1. The fourth-order valence-corrected chi connectivity index (χ4v) is 2.95. The minimum absolute atomic E-state index is 0.0425. The summed E-state index contributed by atoms with van der Waals surface area (Å²) in [5.74, 6) is 4.59. The van der Waals surface area contributed by atoms with Crippen molar-refractivity contribution < 1.29 is 23.1 Å². The average Bonchev–Trinajstić information content (AvgIpc) is 2.86. The molecule has 3 aromatic rings. The Bertz CT molecular complexity index is 1350. The van der Waals surface area contributed by atoms with E-state index in [2.05, 4.69) is 30.4 Å². The summed E-state index contributed by atoms with van der Waals surface area (Å²) in [5, 5.41) is 24.6. The summed E-state index contributed by atoms with van der Waals surface area (Å²) >= 11 is 0. The Morgan fingerprint density at radius 1 is 1.17 bits per heavy atom. The van der Waals surface area contributed by atoms with E-state index in [0.29, 0.717) is 16.8 Å². The smallest absolute Gasteiger partial charge is 0.433 e. The van der Waals surface area contributed by atoms with E-state index < -0.39 is 17.8 Å². The van der Waals surface area contributed by atoms with E-state index in [9.17, 15) is 23.2 Å². The SMILES string of the molecule is N#Cc1cccc(-c2cc(C(C=NCc3cccc(C(F)(F)F)n3)=NN)nc(NCCC(=O)O)n2)c1. The number of hydrogen-bond donors (Lipinski definition) is 3. The topological polar surface area (TPSA) is 163 Å². The Labute approximate surface area is 203 Å². The lowest BCUT2D eigenvalue weighted by Crippen LogP contribution is -2.14. The number of nitrogens with one attached hydrogen (secondary N) is 1. The van der Waals surface area contributed by atoms with Crippen molar-refractivity contribution in [3.63, 3.8) is 0 Å². The zero-order valence-corrected chi connectivity index (χ0v) is 18.6. The van der Waals surface area contributed by atoms with Gasteiger partial charge in [-0.25, -0.2) is 15.0 Å². The predicted octanol–water partition coefficient (Wildman–Crippen LogP) is 3.25. The van der Waals surface area contributed by atoms with Gasteiger partial charge in [-0.05, 0) is 30.3 Å². The van der Waals surface area contributed by atoms with Crippen molar-refractivity contribution in [1.29, 1.82) is 5.26 Å². The molecule has 0 saturated heterocycles. The van der Waals surface area contributed by atoms with Crippen molar-refractivity contribution in [2.75, 3.05) is 11.9 Å². The molecule has 13 heteroatoms. The number of anilines is 1. The summed E-state index contributed by atoms with van der Waals surface area (Å²) in [4.78, 5) is 27.2. The summed E-state index contributed by atoms with van der Waals surface area (Å²) in [6, 6.07) is 13.7. The third kappa shape index (κ3) is 7.07. The first kappa shape index (κ1) is 25.8. The molecule has 0 radical (unpaired) electrons. The molecule has 2 heterocycles. The first-order valence-electron chi connectivity index (χ1n) is 10.4. The van der Waals surface area contributed by atoms with Gasteiger partial charge >= 0.3 is 12.1 Å². The largest absolute Gasteiger partial charge is 0.481 e. The van der Waals surface area contributed by atoms with Gasteiger partial charge in [0.1, 0.15) is 11.4 Å². The first-order chi connectivity index (χ1) is 17.2. The van der Waals surface area contributed by atoms with Gasteiger partial charge in [-0.3, -0.25) is 9.79 Å². The van der Waals surface area contributed by atoms with Crippen molar-refractivity contribution in [2.24, 2.45) is 15.9 Å². The molecule has 1 aromatic carbocycles. The summed E-state index contributed by atoms with van der Waals surface area (Å²) in [6.07, 6.45) is -3.52. The van der Waals surface area contributed by atoms with Gasteiger partial charge in [0.05, 0.1) is 47.9 Å². The summed E-state index contributed by atoms with van der Waals surface area (Å²) in [7, 11) is 0. The predicted molar refractivity (Wildman–Crippen MR) is 125 cm³/mol. The third-order valence-corrected chi connectivity index (χ3v) is 4.60. The zero-order valence-electron chi connectivity index (χ0n) is 18.6. The van der Waals surface area contributed by atoms with Gasteiger partial charge in [-0.1, -0.05) is 18.2 Å². The van der Waals surface area contributed by atoms with Crippen molar-refractivity contribution >= 4 is 23.8 Å². The zero-order chi connectivity index (χ0) is 26.1. The minimum atomic E-state index is -4.58. The number of pyridine rings is 1. The second-order valence-corrected chi connectivity index (χ2v) is 7.22. The van der Waals surface area contributed by atoms with Crippen LogP contribution >= 0.6 is 0 Å². The van der Waals surface area contributed by atoms with Crippen molar-refractivity contribution in [3.05, 3.63) is 71.2 Å². The van der Waals surface area contributed by atoms with Gasteiger partial charge in [0.15, 0.2) is 0 Å². The van der Waals surface area contributed by atoms with Crippen LogP contribution in [0, 0.1) is 11.3 Å². The van der Waals surface area contributed by atoms with Crippen molar-refractivity contribution in [3.8, 4) is 17.3 Å². The van der Waals surface area contributed by atoms with Gasteiger partial charge in [0, 0.05) is 12.1 Å². The maximum absolute atomic E-state index is 12.9. The molecular formula is C23H19F3N8O2. The first-order valence-corrected chi connectivity index (χ1v) is 10.4. The molecular weight excluding hydrogens is 477 g/mol. The number of nitrogens with two attached hydrogens (primary N) is 1. The van der Waals surface area contributed by atoms with Crippen molar-refractivity contribution in [2.45, 2.75) is 19.1 Å². The van der Waals surface area contributed by atoms with E-state index in [0.717, 1.165) is 6.07 Å². The number of hydrazone groups is 1. The van der Waals surface area contributed by atoms with Crippen LogP contribution in [0.2, 0.25) is 0 Å². The second kappa shape index (κ2) is 11.5. The maximum Gasteiger partial charge on any atom is 0.433 e. The van der Waals surface area contributed by atoms with Crippen LogP contribution in [0.5, 0.6) is 0 Å². The lowest BCUT2D eigenvalue weighted by molar-refractivity contribution is -0.141. The van der Waals surface area contributed by atoms with Gasteiger partial charge < -0.3 is 16.3 Å². The van der Waals surface area contributed by atoms with E-state index in [-0.39, 0.29) is 42.6 Å². The van der Waals surface area contributed by atoms with Crippen LogP contribution in [0.1, 0.15) is 29.1 Å². The van der Waals surface area contributed by atoms with Gasteiger partial charge in [0.25, 0.3) is 0 Å². The second-order valence-electron chi connectivity index (χ2n) is 7.22. The number of alkyl halides is 3. The Morgan fingerprint density at radius 3 is 2.64 bits per heavy atom. The van der Waals surface area contributed by atoms with Crippen LogP contribution < -0.4 is 11.2 Å². The van der Waals surface area contributed by atoms with Gasteiger partial charge in [-0.2, -0.15) is 23.5 Å². The minimum Gasteiger partial charge on any atom is -0.481 e. The maximum atomic E-state index is 12.9. The highest BCUT2D eigenvalue weighted by molar-refractivity contribution is 6.37. The summed E-state index contributed by atoms with van der Waals surface area (Å²) in [6.45, 7) is -0.129. The summed E-state index contributed by atoms with van der Waals surface area (Å²) < 4.78 is 38.6. The number of carboxylic acid groups (broad SMARTS) is 1. The highest BCUT2D eigenvalue weighted by Crippen LogP contribution is 2.27. The van der Waals surface area contributed by atoms with Crippen molar-refractivity contribution in [1.82, 2.24) is 15.0 Å². The molecule has 0 aliphatic rings. The quantitative estimate of drug-likeness (QED) is 0.231. The van der Waals surface area contributed by atoms with Gasteiger partial charge in [-0.15, -0.1) is 0 Å². The van der Waals surface area contributed by atoms with Crippen LogP contribution in [-0.4, -0.2) is 44.5 Å². The van der Waals surface area contributed by atoms with Crippen LogP contribution in [0.25, 0.3) is 11.3 Å². The molecule has 0 amide bonds. The molecule has 0 fully saturated rings. The van der Waals surface area contributed by atoms with Gasteiger partial charge in [0.2, 0.25) is 5.95 Å². The number of nitrogens with zero attached hydrogens (tertiary/aromatic N) is 6. The molecule has 0 saturated carbocycles. The molecule has 10 nitrogen and oxygen atoms in total. The average molecular weight is 496 g/mol. The Hall–Kier alpha value is -4.86. The molecule has 0 bridgehead atoms. The van der Waals surface area contributed by atoms with E-state index >= 15 is 0 Å². The molecule has 0 spiro atoms. The van der Waals surface area contributed by atoms with Crippen LogP contribution in [0.3, 0.4) is 0 Å². The van der Waals surface area contributed by atoms with E-state index in [4.69, 9.17) is 10.9 Å². The molecule has 184 valence electrons. The lowest BCUT2D eigenvalue weighted by Gasteiger charge is -2.10. The molecule has 0 unspecified atom stereocenters. The number of carbonyl (C=O) groups is 1. The van der Waals surface area contributed by atoms with E-state index in [1.54, 1.807) is 30.3 Å². The van der Waals surface area contributed by atoms with E-state index in [1.165, 1.54) is 18.3 Å². The number of aromatic nitrogens is 3. The number of aliphatic carboxylic acids is 1. The number of benzene rings is 1. The molecule has 36 heavy (non-hydrogen) atoms. The number of rotatable bonds is 9. The highest BCUT2D eigenvalue weighted by atomic mass is 19.4. The molecule has 0 aliphatic carbocycles. The molecule has 4 N–H and O–H groups in total. The third-order valence-electron chi connectivity index (χ3n) is 4.60. The molecule has 2 aromatic heterocycles. The Balaban J connectivity index is 1.91. The molecule has 0 atom stereocenters. The Morgan fingerprint density at radius 2 is 1.94 bits per heavy atom. The standard InChI is InChI=1S/C23H19F3N8O2/c24-23(25,26)20-6-2-5-16(31-20)12-29-13-19(34-28)18-10-17(15-4-1-3-14(9-15)11-27)32-22(33-18)30-8-7-21(35)36/h1-6,9-10,13H,7-8,12,28H2,(H,35,36)(H,30,32,33). The van der Waals surface area contributed by atoms with Crippen LogP contribution in [-0.2, 0) is 17.5 Å². The normalized spacial score (nSPS) is 11.9. The van der Waals surface area contributed by atoms with E-state index in [1.807, 2.05) is 6.07 Å². The fourth-order valence-electron chi connectivity index (χ4n) is 2.95. The molecule has 0 aliphatic heterocycles. The number of nitriles is 1. The Kier molecular flexibility index (Phi) is 8.24. The number of halogens is 3. The number of carboxylic acids is 1. The fraction of sp³-hybridized carbons (Fsp3) is 0.174.